The van der Waals surface area contributed by atoms with E-state index in [0.717, 1.165) is 79.1 Å². The molecular formula is C24H29N7O. The number of likely N-dealkylation sites (N-methyl/N-ethyl adjacent to an activating group) is 1. The Kier molecular flexibility index (Phi) is 4.55. The van der Waals surface area contributed by atoms with Crippen molar-refractivity contribution >= 4 is 16.7 Å². The summed E-state index contributed by atoms with van der Waals surface area (Å²) in [4.78, 5) is 27.2. The fourth-order valence-corrected chi connectivity index (χ4v) is 5.38. The first-order valence-corrected chi connectivity index (χ1v) is 11.5. The first kappa shape index (κ1) is 19.8. The van der Waals surface area contributed by atoms with Crippen LogP contribution in [0.25, 0.3) is 22.0 Å². The van der Waals surface area contributed by atoms with E-state index in [1.807, 2.05) is 31.8 Å². The summed E-state index contributed by atoms with van der Waals surface area (Å²) in [5.41, 5.74) is 2.66. The van der Waals surface area contributed by atoms with Gasteiger partial charge in [-0.05, 0) is 49.7 Å². The standard InChI is InChI=1S/C24H29N7O/c1-29-3-5-31(6-4-29)22(28-23(32)24-9-16(10-24)11-24)21-8-17-7-20(19-14-27-30(2)15-19)25-12-18(17)13-26-21/h7-8,12-16,22H,3-6,9-11H2,1-2H3,(H,28,32). The van der Waals surface area contributed by atoms with Gasteiger partial charge in [-0.15, -0.1) is 0 Å². The van der Waals surface area contributed by atoms with Crippen LogP contribution in [0.5, 0.6) is 0 Å². The molecule has 1 amide bonds. The van der Waals surface area contributed by atoms with Gasteiger partial charge in [-0.1, -0.05) is 0 Å². The van der Waals surface area contributed by atoms with Crippen molar-refractivity contribution < 1.29 is 4.79 Å². The number of aromatic nitrogens is 4. The van der Waals surface area contributed by atoms with Gasteiger partial charge in [-0.25, -0.2) is 0 Å². The van der Waals surface area contributed by atoms with Gasteiger partial charge in [0.2, 0.25) is 5.91 Å². The molecule has 1 unspecified atom stereocenters. The van der Waals surface area contributed by atoms with Gasteiger partial charge in [0.25, 0.3) is 0 Å². The van der Waals surface area contributed by atoms with Crippen LogP contribution in [0, 0.1) is 11.3 Å². The van der Waals surface area contributed by atoms with Crippen LogP contribution in [-0.2, 0) is 11.8 Å². The van der Waals surface area contributed by atoms with Crippen molar-refractivity contribution in [2.75, 3.05) is 33.2 Å². The molecule has 3 aliphatic carbocycles. The number of pyridine rings is 2. The fourth-order valence-electron chi connectivity index (χ4n) is 5.38. The molecule has 4 heterocycles. The van der Waals surface area contributed by atoms with Gasteiger partial charge in [0.15, 0.2) is 0 Å². The maximum atomic E-state index is 13.2. The highest BCUT2D eigenvalue weighted by Gasteiger charge is 2.61. The lowest BCUT2D eigenvalue weighted by molar-refractivity contribution is -0.167. The van der Waals surface area contributed by atoms with Crippen LogP contribution in [0.2, 0.25) is 0 Å². The lowest BCUT2D eigenvalue weighted by Crippen LogP contribution is -2.62. The largest absolute Gasteiger partial charge is 0.335 e. The zero-order chi connectivity index (χ0) is 21.9. The fraction of sp³-hybridized carbons (Fsp3) is 0.500. The Morgan fingerprint density at radius 1 is 1.03 bits per heavy atom. The second-order valence-electron chi connectivity index (χ2n) is 9.90. The first-order chi connectivity index (χ1) is 15.5. The van der Waals surface area contributed by atoms with E-state index in [1.165, 1.54) is 0 Å². The minimum atomic E-state index is -0.204. The van der Waals surface area contributed by atoms with E-state index in [9.17, 15) is 4.79 Å². The molecule has 7 rings (SSSR count). The predicted octanol–water partition coefficient (Wildman–Crippen LogP) is 2.19. The molecule has 8 heteroatoms. The number of carbonyl (C=O) groups is 1. The maximum absolute atomic E-state index is 13.2. The Hall–Kier alpha value is -2.84. The van der Waals surface area contributed by atoms with Crippen LogP contribution in [0.1, 0.15) is 31.1 Å². The second kappa shape index (κ2) is 7.35. The Bertz CT molecular complexity index is 1160. The van der Waals surface area contributed by atoms with Gasteiger partial charge >= 0.3 is 0 Å². The third-order valence-electron chi connectivity index (χ3n) is 7.60. The summed E-state index contributed by atoms with van der Waals surface area (Å²) in [7, 11) is 4.05. The highest BCUT2D eigenvalue weighted by Crippen LogP contribution is 2.64. The molecule has 32 heavy (non-hydrogen) atoms. The molecule has 0 spiro atoms. The molecule has 1 N–H and O–H groups in total. The number of piperazine rings is 1. The molecule has 166 valence electrons. The summed E-state index contributed by atoms with van der Waals surface area (Å²) < 4.78 is 1.78. The molecule has 4 aliphatic rings. The Balaban J connectivity index is 1.33. The van der Waals surface area contributed by atoms with Crippen molar-refractivity contribution in [3.63, 3.8) is 0 Å². The molecule has 3 aromatic heterocycles. The molecule has 8 nitrogen and oxygen atoms in total. The summed E-state index contributed by atoms with van der Waals surface area (Å²) in [6.45, 7) is 3.80. The van der Waals surface area contributed by atoms with Crippen LogP contribution in [0.15, 0.2) is 36.9 Å². The minimum Gasteiger partial charge on any atom is -0.335 e. The van der Waals surface area contributed by atoms with E-state index >= 15 is 0 Å². The number of hydrogen-bond acceptors (Lipinski definition) is 6. The molecule has 0 radical (unpaired) electrons. The van der Waals surface area contributed by atoms with Crippen LogP contribution < -0.4 is 5.32 Å². The number of carbonyl (C=O) groups excluding carboxylic acids is 1. The number of amides is 1. The van der Waals surface area contributed by atoms with Crippen molar-refractivity contribution in [2.24, 2.45) is 18.4 Å². The quantitative estimate of drug-likeness (QED) is 0.667. The summed E-state index contributed by atoms with van der Waals surface area (Å²) >= 11 is 0. The number of rotatable bonds is 5. The van der Waals surface area contributed by atoms with E-state index in [-0.39, 0.29) is 17.5 Å². The Labute approximate surface area is 187 Å². The average Bonchev–Trinajstić information content (AvgIpc) is 3.16. The predicted molar refractivity (Wildman–Crippen MR) is 121 cm³/mol. The Morgan fingerprint density at radius 3 is 2.44 bits per heavy atom. The molecule has 2 bridgehead atoms. The van der Waals surface area contributed by atoms with Crippen LogP contribution in [0.4, 0.5) is 0 Å². The van der Waals surface area contributed by atoms with Gasteiger partial charge < -0.3 is 10.2 Å². The van der Waals surface area contributed by atoms with Gasteiger partial charge in [-0.3, -0.25) is 24.3 Å². The third kappa shape index (κ3) is 3.29. The van der Waals surface area contributed by atoms with Crippen molar-refractivity contribution in [2.45, 2.75) is 25.4 Å². The summed E-state index contributed by atoms with van der Waals surface area (Å²) in [5.74, 6) is 0.983. The van der Waals surface area contributed by atoms with Crippen molar-refractivity contribution in [1.82, 2.24) is 34.9 Å². The molecular weight excluding hydrogens is 402 g/mol. The number of nitrogens with zero attached hydrogens (tertiary/aromatic N) is 6. The second-order valence-corrected chi connectivity index (χ2v) is 9.90. The molecule has 0 aromatic carbocycles. The van der Waals surface area contributed by atoms with Gasteiger partial charge in [0.05, 0.1) is 23.0 Å². The summed E-state index contributed by atoms with van der Waals surface area (Å²) in [6.07, 6.45) is 10.5. The first-order valence-electron chi connectivity index (χ1n) is 11.5. The normalized spacial score (nSPS) is 26.4. The van der Waals surface area contributed by atoms with Gasteiger partial charge in [0, 0.05) is 62.8 Å². The highest BCUT2D eigenvalue weighted by atomic mass is 16.2. The average molecular weight is 432 g/mol. The number of aryl methyl sites for hydroxylation is 1. The topological polar surface area (TPSA) is 79.2 Å². The van der Waals surface area contributed by atoms with E-state index in [1.54, 1.807) is 4.68 Å². The number of hydrogen-bond donors (Lipinski definition) is 1. The SMILES string of the molecule is CN1CCN(C(NC(=O)C23CC(C2)C3)c2cc3cc(-c4cnn(C)c4)ncc3cn2)CC1. The zero-order valence-corrected chi connectivity index (χ0v) is 18.7. The van der Waals surface area contributed by atoms with E-state index < -0.39 is 0 Å². The van der Waals surface area contributed by atoms with E-state index in [2.05, 4.69) is 44.4 Å². The van der Waals surface area contributed by atoms with Gasteiger partial charge in [0.1, 0.15) is 6.17 Å². The van der Waals surface area contributed by atoms with Crippen molar-refractivity contribution in [1.29, 1.82) is 0 Å². The summed E-state index contributed by atoms with van der Waals surface area (Å²) in [5, 5.41) is 9.72. The molecule has 1 atom stereocenters. The number of nitrogens with one attached hydrogen (secondary N) is 1. The van der Waals surface area contributed by atoms with E-state index in [0.29, 0.717) is 0 Å². The Morgan fingerprint density at radius 2 is 1.78 bits per heavy atom. The monoisotopic (exact) mass is 431 g/mol. The lowest BCUT2D eigenvalue weighted by atomic mass is 9.44. The molecule has 3 aromatic rings. The van der Waals surface area contributed by atoms with Crippen LogP contribution >= 0.6 is 0 Å². The highest BCUT2D eigenvalue weighted by molar-refractivity contribution is 5.87. The van der Waals surface area contributed by atoms with Crippen LogP contribution in [-0.4, -0.2) is 68.7 Å². The molecule has 3 saturated carbocycles. The smallest absolute Gasteiger partial charge is 0.227 e. The number of fused-ring (bicyclic) bond motifs is 1. The molecule has 1 saturated heterocycles. The zero-order valence-electron chi connectivity index (χ0n) is 18.7. The molecule has 4 fully saturated rings. The van der Waals surface area contributed by atoms with Crippen molar-refractivity contribution in [3.05, 3.63) is 42.6 Å². The van der Waals surface area contributed by atoms with E-state index in [4.69, 9.17) is 4.98 Å². The summed E-state index contributed by atoms with van der Waals surface area (Å²) in [6, 6.07) is 4.20. The maximum Gasteiger partial charge on any atom is 0.227 e. The van der Waals surface area contributed by atoms with Crippen molar-refractivity contribution in [3.8, 4) is 11.3 Å². The molecule has 1 aliphatic heterocycles. The van der Waals surface area contributed by atoms with Crippen LogP contribution in [0.3, 0.4) is 0 Å². The third-order valence-corrected chi connectivity index (χ3v) is 7.60. The lowest BCUT2D eigenvalue weighted by Gasteiger charge is -2.60. The minimum absolute atomic E-state index is 0.107. The van der Waals surface area contributed by atoms with Gasteiger partial charge in [-0.2, -0.15) is 5.10 Å².